The molecular weight excluding hydrogens is 316 g/mol. The van der Waals surface area contributed by atoms with Crippen LogP contribution in [0.5, 0.6) is 5.75 Å². The summed E-state index contributed by atoms with van der Waals surface area (Å²) in [5.41, 5.74) is -0.0473. The van der Waals surface area contributed by atoms with E-state index in [9.17, 15) is 14.9 Å². The Morgan fingerprint density at radius 1 is 1.46 bits per heavy atom. The highest BCUT2D eigenvalue weighted by atomic mass is 16.6. The van der Waals surface area contributed by atoms with Crippen LogP contribution in [0.1, 0.15) is 26.6 Å². The van der Waals surface area contributed by atoms with Crippen LogP contribution in [0.25, 0.3) is 5.69 Å². The highest BCUT2D eigenvalue weighted by molar-refractivity contribution is 5.83. The molecule has 2 aromatic rings. The van der Waals surface area contributed by atoms with Gasteiger partial charge in [-0.25, -0.2) is 9.78 Å². The van der Waals surface area contributed by atoms with E-state index < -0.39 is 16.6 Å². The van der Waals surface area contributed by atoms with Gasteiger partial charge in [0.25, 0.3) is 5.69 Å². The van der Waals surface area contributed by atoms with Gasteiger partial charge in [-0.1, -0.05) is 0 Å². The van der Waals surface area contributed by atoms with Crippen molar-refractivity contribution in [1.29, 1.82) is 0 Å². The molecule has 126 valence electrons. The van der Waals surface area contributed by atoms with E-state index in [0.717, 1.165) is 0 Å². The number of nitro benzene ring substituents is 1. The van der Waals surface area contributed by atoms with Crippen LogP contribution in [-0.4, -0.2) is 26.2 Å². The number of nitro groups is 1. The second kappa shape index (κ2) is 5.52. The van der Waals surface area contributed by atoms with Crippen LogP contribution in [-0.2, 0) is 11.3 Å². The summed E-state index contributed by atoms with van der Waals surface area (Å²) in [5, 5.41) is 13.4. The van der Waals surface area contributed by atoms with Gasteiger partial charge in [-0.15, -0.1) is 0 Å². The molecule has 1 aromatic heterocycles. The van der Waals surface area contributed by atoms with Crippen molar-refractivity contribution in [3.63, 3.8) is 0 Å². The molecule has 0 saturated heterocycles. The molecule has 0 aliphatic carbocycles. The van der Waals surface area contributed by atoms with Crippen molar-refractivity contribution < 1.29 is 19.2 Å². The average molecular weight is 332 g/mol. The van der Waals surface area contributed by atoms with E-state index >= 15 is 0 Å². The summed E-state index contributed by atoms with van der Waals surface area (Å²) >= 11 is 0. The number of carbonyl (C=O) groups is 1. The summed E-state index contributed by atoms with van der Waals surface area (Å²) in [6.45, 7) is 5.44. The highest BCUT2D eigenvalue weighted by Crippen LogP contribution is 2.33. The van der Waals surface area contributed by atoms with E-state index in [1.54, 1.807) is 37.6 Å². The van der Waals surface area contributed by atoms with Gasteiger partial charge in [-0.2, -0.15) is 0 Å². The summed E-state index contributed by atoms with van der Waals surface area (Å²) in [6.07, 6.45) is 1.01. The first kappa shape index (κ1) is 15.8. The lowest BCUT2D eigenvalue weighted by molar-refractivity contribution is -0.384. The SMILES string of the molecule is CC(C)(C)OC(=O)Nc1cn2c(n1)COc1cc([N+](=O)[O-])ccc1-2. The van der Waals surface area contributed by atoms with Crippen molar-refractivity contribution in [2.45, 2.75) is 33.0 Å². The van der Waals surface area contributed by atoms with Gasteiger partial charge in [-0.3, -0.25) is 20.0 Å². The van der Waals surface area contributed by atoms with Gasteiger partial charge < -0.3 is 9.47 Å². The van der Waals surface area contributed by atoms with Crippen LogP contribution >= 0.6 is 0 Å². The molecule has 0 unspecified atom stereocenters. The largest absolute Gasteiger partial charge is 0.483 e. The number of anilines is 1. The van der Waals surface area contributed by atoms with E-state index in [-0.39, 0.29) is 12.3 Å². The maximum absolute atomic E-state index is 11.8. The first-order valence-corrected chi connectivity index (χ1v) is 7.23. The third-order valence-corrected chi connectivity index (χ3v) is 3.18. The molecule has 0 radical (unpaired) electrons. The minimum absolute atomic E-state index is 0.0515. The lowest BCUT2D eigenvalue weighted by Gasteiger charge is -2.19. The molecule has 9 nitrogen and oxygen atoms in total. The number of nitrogens with zero attached hydrogens (tertiary/aromatic N) is 3. The Kier molecular flexibility index (Phi) is 3.63. The van der Waals surface area contributed by atoms with Gasteiger partial charge in [0.15, 0.2) is 17.4 Å². The molecule has 1 aliphatic heterocycles. The Balaban J connectivity index is 1.86. The van der Waals surface area contributed by atoms with E-state index in [1.165, 1.54) is 12.1 Å². The van der Waals surface area contributed by atoms with Gasteiger partial charge in [0.05, 0.1) is 22.9 Å². The lowest BCUT2D eigenvalue weighted by Crippen LogP contribution is -2.27. The molecule has 9 heteroatoms. The topological polar surface area (TPSA) is 109 Å². The molecular formula is C15H16N4O5. The second-order valence-electron chi connectivity index (χ2n) is 6.24. The van der Waals surface area contributed by atoms with Crippen LogP contribution in [0, 0.1) is 10.1 Å². The fourth-order valence-electron chi connectivity index (χ4n) is 2.27. The van der Waals surface area contributed by atoms with Crippen molar-refractivity contribution in [2.24, 2.45) is 0 Å². The minimum Gasteiger partial charge on any atom is -0.483 e. The zero-order valence-electron chi connectivity index (χ0n) is 13.4. The number of hydrogen-bond donors (Lipinski definition) is 1. The number of hydrogen-bond acceptors (Lipinski definition) is 6. The molecule has 0 bridgehead atoms. The van der Waals surface area contributed by atoms with Crippen molar-refractivity contribution in [3.05, 3.63) is 40.3 Å². The number of aromatic nitrogens is 2. The standard InChI is InChI=1S/C15H16N4O5/c1-15(2,3)24-14(20)17-12-7-18-10-5-4-9(19(21)22)6-11(10)23-8-13(18)16-12/h4-7H,8H2,1-3H3,(H,17,20). The number of carbonyl (C=O) groups excluding carboxylic acids is 1. The number of amides is 1. The molecule has 1 aromatic carbocycles. The zero-order valence-corrected chi connectivity index (χ0v) is 13.4. The van der Waals surface area contributed by atoms with Gasteiger partial charge in [0.1, 0.15) is 12.2 Å². The summed E-state index contributed by atoms with van der Waals surface area (Å²) in [7, 11) is 0. The van der Waals surface area contributed by atoms with Crippen molar-refractivity contribution in [1.82, 2.24) is 9.55 Å². The zero-order chi connectivity index (χ0) is 17.5. The molecule has 1 amide bonds. The number of non-ortho nitro benzene ring substituents is 1. The predicted molar refractivity (Wildman–Crippen MR) is 84.4 cm³/mol. The monoisotopic (exact) mass is 332 g/mol. The van der Waals surface area contributed by atoms with E-state index in [1.807, 2.05) is 0 Å². The highest BCUT2D eigenvalue weighted by Gasteiger charge is 2.23. The number of imidazole rings is 1. The van der Waals surface area contributed by atoms with Crippen LogP contribution in [0.3, 0.4) is 0 Å². The normalized spacial score (nSPS) is 12.6. The number of benzene rings is 1. The van der Waals surface area contributed by atoms with Crippen LogP contribution in [0.2, 0.25) is 0 Å². The van der Waals surface area contributed by atoms with E-state index in [4.69, 9.17) is 9.47 Å². The Hall–Kier alpha value is -3.10. The Labute approximate surface area is 137 Å². The number of ether oxygens (including phenoxy) is 2. The van der Waals surface area contributed by atoms with Crippen LogP contribution in [0.4, 0.5) is 16.3 Å². The average Bonchev–Trinajstić information content (AvgIpc) is 2.87. The van der Waals surface area contributed by atoms with Gasteiger partial charge >= 0.3 is 6.09 Å². The van der Waals surface area contributed by atoms with Crippen LogP contribution in [0.15, 0.2) is 24.4 Å². The second-order valence-corrected chi connectivity index (χ2v) is 6.24. The maximum atomic E-state index is 11.8. The number of fused-ring (bicyclic) bond motifs is 3. The Morgan fingerprint density at radius 3 is 2.88 bits per heavy atom. The first-order valence-electron chi connectivity index (χ1n) is 7.23. The quantitative estimate of drug-likeness (QED) is 0.669. The molecule has 0 atom stereocenters. The van der Waals surface area contributed by atoms with E-state index in [2.05, 4.69) is 10.3 Å². The Morgan fingerprint density at radius 2 is 2.21 bits per heavy atom. The Bertz CT molecular complexity index is 822. The lowest BCUT2D eigenvalue weighted by atomic mass is 10.2. The third-order valence-electron chi connectivity index (χ3n) is 3.18. The maximum Gasteiger partial charge on any atom is 0.413 e. The molecule has 1 aliphatic rings. The molecule has 3 rings (SSSR count). The third kappa shape index (κ3) is 3.14. The van der Waals surface area contributed by atoms with Gasteiger partial charge in [0, 0.05) is 6.07 Å². The van der Waals surface area contributed by atoms with Gasteiger partial charge in [-0.05, 0) is 26.8 Å². The van der Waals surface area contributed by atoms with Crippen LogP contribution < -0.4 is 10.1 Å². The first-order chi connectivity index (χ1) is 11.2. The summed E-state index contributed by atoms with van der Waals surface area (Å²) in [5.74, 6) is 1.27. The fourth-order valence-corrected chi connectivity index (χ4v) is 2.27. The molecule has 0 spiro atoms. The molecule has 0 saturated carbocycles. The molecule has 0 fully saturated rings. The summed E-state index contributed by atoms with van der Waals surface area (Å²) < 4.78 is 12.4. The minimum atomic E-state index is -0.613. The van der Waals surface area contributed by atoms with Crippen molar-refractivity contribution in [3.8, 4) is 11.4 Å². The van der Waals surface area contributed by atoms with Crippen molar-refractivity contribution >= 4 is 17.6 Å². The predicted octanol–water partition coefficient (Wildman–Crippen LogP) is 3.02. The number of rotatable bonds is 2. The molecule has 2 heterocycles. The number of nitrogens with one attached hydrogen (secondary N) is 1. The van der Waals surface area contributed by atoms with Gasteiger partial charge in [0.2, 0.25) is 0 Å². The summed E-state index contributed by atoms with van der Waals surface area (Å²) in [4.78, 5) is 26.4. The van der Waals surface area contributed by atoms with E-state index in [0.29, 0.717) is 23.1 Å². The van der Waals surface area contributed by atoms with Crippen molar-refractivity contribution in [2.75, 3.05) is 5.32 Å². The molecule has 1 N–H and O–H groups in total. The smallest absolute Gasteiger partial charge is 0.413 e. The fraction of sp³-hybridized carbons (Fsp3) is 0.333. The summed E-state index contributed by atoms with van der Waals surface area (Å²) in [6, 6.07) is 4.33. The molecule has 24 heavy (non-hydrogen) atoms.